The SMILES string of the molecule is C=C(S/C=C\C)[C@H]1C[C@@H](C(=O)Nc2ccc(F)c(Cl)c2)N(CCOC)S(=O)(=O)N1. The van der Waals surface area contributed by atoms with E-state index in [1.165, 1.54) is 31.0 Å². The van der Waals surface area contributed by atoms with Crippen LogP contribution >= 0.6 is 23.4 Å². The molecular formula is C18H23ClFN3O4S2. The molecule has 0 aromatic heterocycles. The number of hydrogen-bond donors (Lipinski definition) is 2. The van der Waals surface area contributed by atoms with Gasteiger partial charge >= 0.3 is 0 Å². The highest BCUT2D eigenvalue weighted by atomic mass is 35.5. The van der Waals surface area contributed by atoms with Gasteiger partial charge in [-0.2, -0.15) is 17.4 Å². The molecule has 160 valence electrons. The Balaban J connectivity index is 2.28. The van der Waals surface area contributed by atoms with Crippen molar-refractivity contribution in [2.24, 2.45) is 0 Å². The van der Waals surface area contributed by atoms with Crippen LogP contribution in [-0.4, -0.2) is 51.0 Å². The monoisotopic (exact) mass is 463 g/mol. The van der Waals surface area contributed by atoms with E-state index in [-0.39, 0.29) is 30.3 Å². The van der Waals surface area contributed by atoms with E-state index in [0.717, 1.165) is 10.4 Å². The topological polar surface area (TPSA) is 87.7 Å². The number of thioether (sulfide) groups is 1. The van der Waals surface area contributed by atoms with Crippen molar-refractivity contribution in [2.45, 2.75) is 25.4 Å². The second-order valence-electron chi connectivity index (χ2n) is 6.20. The summed E-state index contributed by atoms with van der Waals surface area (Å²) in [5, 5.41) is 4.25. The molecule has 0 unspecified atom stereocenters. The Bertz CT molecular complexity index is 895. The molecule has 2 N–H and O–H groups in total. The fraction of sp³-hybridized carbons (Fsp3) is 0.389. The van der Waals surface area contributed by atoms with E-state index in [2.05, 4.69) is 16.6 Å². The molecular weight excluding hydrogens is 441 g/mol. The van der Waals surface area contributed by atoms with Crippen LogP contribution in [0, 0.1) is 5.82 Å². The molecule has 0 bridgehead atoms. The lowest BCUT2D eigenvalue weighted by Gasteiger charge is -2.38. The Morgan fingerprint density at radius 1 is 1.55 bits per heavy atom. The van der Waals surface area contributed by atoms with Gasteiger partial charge in [-0.3, -0.25) is 4.79 Å². The summed E-state index contributed by atoms with van der Waals surface area (Å²) < 4.78 is 47.5. The molecule has 29 heavy (non-hydrogen) atoms. The minimum absolute atomic E-state index is 0.00467. The Kier molecular flexibility index (Phi) is 8.68. The molecule has 1 fully saturated rings. The third-order valence-electron chi connectivity index (χ3n) is 4.16. The molecule has 7 nitrogen and oxygen atoms in total. The van der Waals surface area contributed by atoms with Crippen LogP contribution < -0.4 is 10.0 Å². The second-order valence-corrected chi connectivity index (χ2v) is 9.30. The van der Waals surface area contributed by atoms with Crippen molar-refractivity contribution in [3.05, 3.63) is 52.0 Å². The highest BCUT2D eigenvalue weighted by Gasteiger charge is 2.43. The molecule has 0 saturated carbocycles. The summed E-state index contributed by atoms with van der Waals surface area (Å²) in [5.41, 5.74) is 0.266. The first-order chi connectivity index (χ1) is 13.7. The molecule has 0 spiro atoms. The van der Waals surface area contributed by atoms with E-state index in [4.69, 9.17) is 16.3 Å². The number of rotatable bonds is 8. The minimum atomic E-state index is -3.96. The van der Waals surface area contributed by atoms with E-state index in [1.807, 2.05) is 6.92 Å². The van der Waals surface area contributed by atoms with Crippen molar-refractivity contribution in [1.82, 2.24) is 9.03 Å². The van der Waals surface area contributed by atoms with Crippen molar-refractivity contribution in [1.29, 1.82) is 0 Å². The van der Waals surface area contributed by atoms with Crippen LogP contribution in [0.15, 0.2) is 41.2 Å². The van der Waals surface area contributed by atoms with Crippen molar-refractivity contribution < 1.29 is 22.3 Å². The van der Waals surface area contributed by atoms with Gasteiger partial charge in [-0.1, -0.05) is 24.3 Å². The maximum Gasteiger partial charge on any atom is 0.280 e. The highest BCUT2D eigenvalue weighted by molar-refractivity contribution is 8.05. The predicted octanol–water partition coefficient (Wildman–Crippen LogP) is 3.12. The van der Waals surface area contributed by atoms with Gasteiger partial charge in [-0.05, 0) is 37.0 Å². The van der Waals surface area contributed by atoms with Gasteiger partial charge in [-0.15, -0.1) is 11.8 Å². The summed E-state index contributed by atoms with van der Waals surface area (Å²) in [6, 6.07) is 2.10. The highest BCUT2D eigenvalue weighted by Crippen LogP contribution is 2.29. The first-order valence-corrected chi connectivity index (χ1v) is 11.4. The smallest absolute Gasteiger partial charge is 0.280 e. The standard InChI is InChI=1S/C18H23ClFN3O4S2/c1-4-9-28-12(2)16-11-17(23(7-8-27-3)29(25,26)22-16)18(24)21-13-5-6-15(20)14(19)10-13/h4-6,9-10,16-17,22H,2,7-8,11H2,1,3H3,(H,21,24)/b9-4-/t16-,17+/m1/s1. The van der Waals surface area contributed by atoms with E-state index in [1.54, 1.807) is 11.5 Å². The van der Waals surface area contributed by atoms with Gasteiger partial charge < -0.3 is 10.1 Å². The number of allylic oxidation sites excluding steroid dienone is 1. The van der Waals surface area contributed by atoms with Gasteiger partial charge in [-0.25, -0.2) is 4.39 Å². The third-order valence-corrected chi connectivity index (χ3v) is 7.08. The summed E-state index contributed by atoms with van der Waals surface area (Å²) in [5.74, 6) is -1.17. The summed E-state index contributed by atoms with van der Waals surface area (Å²) in [6.45, 7) is 5.87. The Morgan fingerprint density at radius 3 is 2.90 bits per heavy atom. The van der Waals surface area contributed by atoms with Crippen molar-refractivity contribution in [3.8, 4) is 0 Å². The average Bonchev–Trinajstić information content (AvgIpc) is 2.66. The van der Waals surface area contributed by atoms with Crippen LogP contribution in [0.4, 0.5) is 10.1 Å². The van der Waals surface area contributed by atoms with Gasteiger partial charge in [0.1, 0.15) is 11.9 Å². The van der Waals surface area contributed by atoms with Gasteiger partial charge in [0, 0.05) is 24.2 Å². The van der Waals surface area contributed by atoms with Crippen molar-refractivity contribution in [3.63, 3.8) is 0 Å². The number of hydrogen-bond acceptors (Lipinski definition) is 5. The average molecular weight is 464 g/mol. The van der Waals surface area contributed by atoms with Crippen LogP contribution in [-0.2, 0) is 19.7 Å². The largest absolute Gasteiger partial charge is 0.383 e. The van der Waals surface area contributed by atoms with Crippen molar-refractivity contribution >= 4 is 45.2 Å². The lowest BCUT2D eigenvalue weighted by molar-refractivity contribution is -0.120. The first kappa shape index (κ1) is 23.8. The van der Waals surface area contributed by atoms with Gasteiger partial charge in [0.05, 0.1) is 17.7 Å². The number of amides is 1. The number of halogens is 2. The maximum atomic E-state index is 13.4. The number of benzene rings is 1. The van der Waals surface area contributed by atoms with Crippen molar-refractivity contribution in [2.75, 3.05) is 25.6 Å². The summed E-state index contributed by atoms with van der Waals surface area (Å²) in [4.78, 5) is 13.5. The van der Waals surface area contributed by atoms with Gasteiger partial charge in [0.25, 0.3) is 10.2 Å². The lowest BCUT2D eigenvalue weighted by Crippen LogP contribution is -2.61. The number of nitrogens with one attached hydrogen (secondary N) is 2. The fourth-order valence-electron chi connectivity index (χ4n) is 2.73. The first-order valence-electron chi connectivity index (χ1n) is 8.70. The number of carbonyl (C=O) groups is 1. The normalized spacial score (nSPS) is 21.9. The molecule has 2 rings (SSSR count). The number of ether oxygens (including phenoxy) is 1. The van der Waals surface area contributed by atoms with Gasteiger partial charge in [0.15, 0.2) is 0 Å². The van der Waals surface area contributed by atoms with E-state index in [9.17, 15) is 17.6 Å². The molecule has 2 atom stereocenters. The summed E-state index contributed by atoms with van der Waals surface area (Å²) in [6.07, 6.45) is 1.98. The lowest BCUT2D eigenvalue weighted by atomic mass is 10.1. The molecule has 0 radical (unpaired) electrons. The maximum absolute atomic E-state index is 13.4. The summed E-state index contributed by atoms with van der Waals surface area (Å²) >= 11 is 7.05. The third kappa shape index (κ3) is 6.27. The van der Waals surface area contributed by atoms with E-state index in [0.29, 0.717) is 4.91 Å². The molecule has 11 heteroatoms. The number of methoxy groups -OCH3 is 1. The molecule has 1 aromatic rings. The molecule has 1 aromatic carbocycles. The number of anilines is 1. The zero-order valence-corrected chi connectivity index (χ0v) is 18.4. The van der Waals surface area contributed by atoms with Crippen LogP contribution in [0.3, 0.4) is 0 Å². The molecule has 1 aliphatic heterocycles. The van der Waals surface area contributed by atoms with Gasteiger partial charge in [0.2, 0.25) is 5.91 Å². The van der Waals surface area contributed by atoms with Crippen LogP contribution in [0.2, 0.25) is 5.02 Å². The molecule has 1 heterocycles. The Morgan fingerprint density at radius 2 is 2.28 bits per heavy atom. The quantitative estimate of drug-likeness (QED) is 0.618. The van der Waals surface area contributed by atoms with E-state index < -0.39 is 34.0 Å². The molecule has 1 aliphatic rings. The predicted molar refractivity (Wildman–Crippen MR) is 114 cm³/mol. The molecule has 0 aliphatic carbocycles. The Labute approximate surface area is 179 Å². The Hall–Kier alpha value is -1.43. The molecule has 1 saturated heterocycles. The zero-order valence-electron chi connectivity index (χ0n) is 16.0. The molecule has 1 amide bonds. The summed E-state index contributed by atoms with van der Waals surface area (Å²) in [7, 11) is -2.52. The fourth-order valence-corrected chi connectivity index (χ4v) is 5.18. The minimum Gasteiger partial charge on any atom is -0.383 e. The van der Waals surface area contributed by atoms with E-state index >= 15 is 0 Å². The second kappa shape index (κ2) is 10.6. The zero-order chi connectivity index (χ0) is 21.6. The van der Waals surface area contributed by atoms with Crippen LogP contribution in [0.5, 0.6) is 0 Å². The van der Waals surface area contributed by atoms with Crippen LogP contribution in [0.25, 0.3) is 0 Å². The number of nitrogens with zero attached hydrogens (tertiary/aromatic N) is 1. The van der Waals surface area contributed by atoms with Crippen LogP contribution in [0.1, 0.15) is 13.3 Å². The number of carbonyl (C=O) groups excluding carboxylic acids is 1.